The minimum Gasteiger partial charge on any atom is -0.394 e. The van der Waals surface area contributed by atoms with Crippen LogP contribution in [-0.4, -0.2) is 90.6 Å². The zero-order valence-corrected chi connectivity index (χ0v) is 24.5. The van der Waals surface area contributed by atoms with Gasteiger partial charge in [-0.1, -0.05) is 18.2 Å². The summed E-state index contributed by atoms with van der Waals surface area (Å²) in [5.41, 5.74) is 8.16. The number of benzene rings is 2. The molecule has 10 nitrogen and oxygen atoms in total. The lowest BCUT2D eigenvalue weighted by molar-refractivity contribution is -0.197. The number of nitrogens with one attached hydrogen (secondary N) is 1. The van der Waals surface area contributed by atoms with E-state index in [0.29, 0.717) is 12.0 Å². The first kappa shape index (κ1) is 31.6. The molecule has 0 spiro atoms. The maximum Gasteiger partial charge on any atom is 0.259 e. The maximum atomic E-state index is 11.5. The van der Waals surface area contributed by atoms with E-state index < -0.39 is 24.4 Å². The zero-order chi connectivity index (χ0) is 30.1. The molecule has 224 valence electrons. The first-order valence-corrected chi connectivity index (χ1v) is 14.8. The molecule has 3 atom stereocenters. The molecule has 2 aromatic carbocycles. The van der Waals surface area contributed by atoms with E-state index in [2.05, 4.69) is 46.6 Å². The number of aliphatic hydroxyl groups is 3. The summed E-state index contributed by atoms with van der Waals surface area (Å²) in [4.78, 5) is 15.8. The van der Waals surface area contributed by atoms with Crippen LogP contribution in [0.5, 0.6) is 0 Å². The molecule has 1 amide bonds. The number of morpholine rings is 1. The maximum absolute atomic E-state index is 11.5. The van der Waals surface area contributed by atoms with Gasteiger partial charge in [0, 0.05) is 54.5 Å². The van der Waals surface area contributed by atoms with Crippen LogP contribution in [0.3, 0.4) is 0 Å². The van der Waals surface area contributed by atoms with Crippen LogP contribution >= 0.6 is 11.3 Å². The predicted octanol–water partition coefficient (Wildman–Crippen LogP) is 2.93. The van der Waals surface area contributed by atoms with Gasteiger partial charge >= 0.3 is 0 Å². The molecule has 3 aromatic rings. The second-order valence-electron chi connectivity index (χ2n) is 10.3. The number of hydrogen-bond donors (Lipinski definition) is 5. The number of primary amides is 1. The van der Waals surface area contributed by atoms with Crippen molar-refractivity contribution in [3.63, 3.8) is 0 Å². The third-order valence-corrected chi connectivity index (χ3v) is 8.51. The van der Waals surface area contributed by atoms with E-state index in [4.69, 9.17) is 30.5 Å². The number of nitriles is 1. The van der Waals surface area contributed by atoms with Gasteiger partial charge in [0.15, 0.2) is 6.29 Å². The summed E-state index contributed by atoms with van der Waals surface area (Å²) in [6.07, 6.45) is -1.20. The minimum absolute atomic E-state index is 0.00515. The Morgan fingerprint density at radius 2 is 1.86 bits per heavy atom. The van der Waals surface area contributed by atoms with Gasteiger partial charge in [0.05, 0.1) is 32.0 Å². The van der Waals surface area contributed by atoms with Gasteiger partial charge in [0.2, 0.25) is 0 Å². The van der Waals surface area contributed by atoms with E-state index in [-0.39, 0.29) is 18.6 Å². The summed E-state index contributed by atoms with van der Waals surface area (Å²) < 4.78 is 10.2. The molecule has 3 unspecified atom stereocenters. The molecule has 2 aliphatic heterocycles. The molecule has 0 radical (unpaired) electrons. The van der Waals surface area contributed by atoms with Crippen LogP contribution in [0.25, 0.3) is 26.8 Å². The standard InChI is InChI=1S/C25H26N4O2S.C6H12O4/c1-17(22(16-26)25(27)30)23-6-7-24(32-23)20-3-2-19-15-21(5-4-18(19)14-20)28-8-9-29-10-12-31-13-11-29;7-3-5-1-4(8)2-6(9)10-5/h2-7,14-15,28H,8-13H2,1H3,(H2,27,30);4-9H,1-3H2/b22-17+;. The number of fused-ring (bicyclic) bond motifs is 1. The van der Waals surface area contributed by atoms with Gasteiger partial charge in [-0.2, -0.15) is 5.26 Å². The average molecular weight is 595 g/mol. The van der Waals surface area contributed by atoms with Crippen LogP contribution in [-0.2, 0) is 14.3 Å². The van der Waals surface area contributed by atoms with E-state index in [1.54, 1.807) is 18.3 Å². The van der Waals surface area contributed by atoms with Gasteiger partial charge in [0.1, 0.15) is 11.6 Å². The van der Waals surface area contributed by atoms with Crippen molar-refractivity contribution in [1.29, 1.82) is 5.26 Å². The van der Waals surface area contributed by atoms with Crippen LogP contribution in [0.4, 0.5) is 5.69 Å². The number of allylic oxidation sites excluding steroid dienone is 1. The number of amides is 1. The smallest absolute Gasteiger partial charge is 0.259 e. The molecule has 5 rings (SSSR count). The number of ether oxygens (including phenoxy) is 2. The summed E-state index contributed by atoms with van der Waals surface area (Å²) in [6, 6.07) is 18.7. The number of thiophene rings is 1. The summed E-state index contributed by atoms with van der Waals surface area (Å²) in [5.74, 6) is -0.694. The Kier molecular flexibility index (Phi) is 11.5. The molecule has 0 saturated carbocycles. The number of rotatable bonds is 8. The number of carbonyl (C=O) groups excluding carboxylic acids is 1. The van der Waals surface area contributed by atoms with Crippen molar-refractivity contribution >= 4 is 39.3 Å². The van der Waals surface area contributed by atoms with E-state index in [0.717, 1.165) is 60.4 Å². The fraction of sp³-hybridized carbons (Fsp3) is 0.419. The van der Waals surface area contributed by atoms with Crippen LogP contribution in [0.2, 0.25) is 0 Å². The lowest BCUT2D eigenvalue weighted by Crippen LogP contribution is -2.38. The topological polar surface area (TPSA) is 161 Å². The average Bonchev–Trinajstić information content (AvgIpc) is 3.48. The third-order valence-electron chi connectivity index (χ3n) is 7.26. The van der Waals surface area contributed by atoms with Crippen LogP contribution in [0.1, 0.15) is 24.6 Å². The van der Waals surface area contributed by atoms with Gasteiger partial charge in [-0.3, -0.25) is 9.69 Å². The highest BCUT2D eigenvalue weighted by Crippen LogP contribution is 2.34. The van der Waals surface area contributed by atoms with E-state index in [9.17, 15) is 10.1 Å². The summed E-state index contributed by atoms with van der Waals surface area (Å²) >= 11 is 1.55. The molecule has 3 heterocycles. The van der Waals surface area contributed by atoms with Crippen molar-refractivity contribution in [2.75, 3.05) is 51.3 Å². The minimum atomic E-state index is -0.916. The normalized spacial score (nSPS) is 21.5. The molecular weight excluding hydrogens is 556 g/mol. The molecule has 1 aromatic heterocycles. The fourth-order valence-electron chi connectivity index (χ4n) is 4.92. The van der Waals surface area contributed by atoms with Gasteiger partial charge in [-0.15, -0.1) is 11.3 Å². The van der Waals surface area contributed by atoms with Crippen molar-refractivity contribution in [1.82, 2.24) is 4.90 Å². The summed E-state index contributed by atoms with van der Waals surface area (Å²) in [7, 11) is 0. The largest absolute Gasteiger partial charge is 0.394 e. The second-order valence-corrected chi connectivity index (χ2v) is 11.4. The highest BCUT2D eigenvalue weighted by Gasteiger charge is 2.26. The molecular formula is C31H38N4O6S. The van der Waals surface area contributed by atoms with Crippen molar-refractivity contribution in [3.05, 3.63) is 59.0 Å². The molecule has 6 N–H and O–H groups in total. The molecule has 2 fully saturated rings. The van der Waals surface area contributed by atoms with Crippen molar-refractivity contribution in [3.8, 4) is 16.5 Å². The molecule has 0 aliphatic carbocycles. The fourth-order valence-corrected chi connectivity index (χ4v) is 5.93. The van der Waals surface area contributed by atoms with Gasteiger partial charge < -0.3 is 35.8 Å². The lowest BCUT2D eigenvalue weighted by atomic mass is 10.1. The van der Waals surface area contributed by atoms with Gasteiger partial charge in [-0.25, -0.2) is 0 Å². The zero-order valence-electron chi connectivity index (χ0n) is 23.7. The number of nitrogens with two attached hydrogens (primary N) is 1. The second kappa shape index (κ2) is 15.2. The number of aliphatic hydroxyl groups excluding tert-OH is 3. The van der Waals surface area contributed by atoms with Crippen molar-refractivity contribution in [2.45, 2.75) is 38.3 Å². The number of carbonyl (C=O) groups is 1. The van der Waals surface area contributed by atoms with E-state index in [1.807, 2.05) is 18.2 Å². The highest BCUT2D eigenvalue weighted by atomic mass is 32.1. The molecule has 42 heavy (non-hydrogen) atoms. The van der Waals surface area contributed by atoms with E-state index >= 15 is 0 Å². The van der Waals surface area contributed by atoms with Crippen LogP contribution in [0.15, 0.2) is 54.1 Å². The van der Waals surface area contributed by atoms with Crippen molar-refractivity contribution in [2.24, 2.45) is 5.73 Å². The van der Waals surface area contributed by atoms with Crippen molar-refractivity contribution < 1.29 is 29.6 Å². The molecule has 11 heteroatoms. The number of nitrogens with zero attached hydrogens (tertiary/aromatic N) is 2. The Bertz CT molecular complexity index is 1420. The Hall–Kier alpha value is -3.34. The molecule has 2 saturated heterocycles. The first-order chi connectivity index (χ1) is 20.3. The highest BCUT2D eigenvalue weighted by molar-refractivity contribution is 7.16. The SMILES string of the molecule is C/C(=C(/C#N)C(N)=O)c1ccc(-c2ccc3cc(NCCN4CCOCC4)ccc3c2)s1.OCC1CC(O)CC(O)O1. The Balaban J connectivity index is 0.000000343. The number of anilines is 1. The lowest BCUT2D eigenvalue weighted by Gasteiger charge is -2.28. The van der Waals surface area contributed by atoms with Gasteiger partial charge in [-0.05, 0) is 59.2 Å². The Morgan fingerprint density at radius 3 is 2.55 bits per heavy atom. The van der Waals surface area contributed by atoms with Gasteiger partial charge in [0.25, 0.3) is 5.91 Å². The number of hydrogen-bond acceptors (Lipinski definition) is 10. The summed E-state index contributed by atoms with van der Waals surface area (Å²) in [5, 5.41) is 41.6. The van der Waals surface area contributed by atoms with E-state index in [1.165, 1.54) is 10.8 Å². The third kappa shape index (κ3) is 8.59. The van der Waals surface area contributed by atoms with Crippen LogP contribution in [0, 0.1) is 11.3 Å². The molecule has 2 aliphatic rings. The Labute approximate surface area is 249 Å². The monoisotopic (exact) mass is 594 g/mol. The van der Waals surface area contributed by atoms with Crippen LogP contribution < -0.4 is 11.1 Å². The molecule has 0 bridgehead atoms. The quantitative estimate of drug-likeness (QED) is 0.195. The first-order valence-electron chi connectivity index (χ1n) is 14.0. The Morgan fingerprint density at radius 1 is 1.12 bits per heavy atom. The predicted molar refractivity (Wildman–Crippen MR) is 164 cm³/mol. The summed E-state index contributed by atoms with van der Waals surface area (Å²) in [6.45, 7) is 7.18.